The Morgan fingerprint density at radius 1 is 1.47 bits per heavy atom. The third-order valence-corrected chi connectivity index (χ3v) is 3.14. The van der Waals surface area contributed by atoms with E-state index in [1.165, 1.54) is 12.1 Å². The molecule has 0 aliphatic carbocycles. The lowest BCUT2D eigenvalue weighted by molar-refractivity contribution is 0.112. The smallest absolute Gasteiger partial charge is 0.153 e. The molecule has 1 aromatic heterocycles. The second kappa shape index (κ2) is 5.97. The minimum Gasteiger partial charge on any atom is -0.298 e. The van der Waals surface area contributed by atoms with Gasteiger partial charge in [-0.15, -0.1) is 0 Å². The van der Waals surface area contributed by atoms with Crippen LogP contribution in [-0.2, 0) is 6.54 Å². The van der Waals surface area contributed by atoms with Crippen molar-refractivity contribution in [2.45, 2.75) is 26.3 Å². The van der Waals surface area contributed by atoms with Gasteiger partial charge < -0.3 is 0 Å². The molecule has 0 unspecified atom stereocenters. The Morgan fingerprint density at radius 3 is 2.89 bits per heavy atom. The van der Waals surface area contributed by atoms with E-state index in [4.69, 9.17) is 11.6 Å². The summed E-state index contributed by atoms with van der Waals surface area (Å²) < 4.78 is 14.9. The molecule has 3 nitrogen and oxygen atoms in total. The summed E-state index contributed by atoms with van der Waals surface area (Å²) in [6.45, 7) is 2.84. The van der Waals surface area contributed by atoms with Crippen LogP contribution in [0.15, 0.2) is 24.4 Å². The summed E-state index contributed by atoms with van der Waals surface area (Å²) in [6, 6.07) is 4.33. The first kappa shape index (κ1) is 13.7. The van der Waals surface area contributed by atoms with Crippen LogP contribution in [0, 0.1) is 5.82 Å². The van der Waals surface area contributed by atoms with Gasteiger partial charge in [0.15, 0.2) is 6.29 Å². The number of carbonyl (C=O) groups is 1. The molecule has 0 aliphatic heterocycles. The number of carbonyl (C=O) groups excluding carboxylic acids is 1. The van der Waals surface area contributed by atoms with Gasteiger partial charge in [0.2, 0.25) is 0 Å². The summed E-state index contributed by atoms with van der Waals surface area (Å²) in [5, 5.41) is 4.39. The molecular formula is C14H14ClFN2O. The first-order valence-electron chi connectivity index (χ1n) is 6.13. The van der Waals surface area contributed by atoms with E-state index in [1.807, 2.05) is 0 Å². The third-order valence-electron chi connectivity index (χ3n) is 2.85. The number of unbranched alkanes of at least 4 members (excludes halogenated alkanes) is 1. The zero-order valence-corrected chi connectivity index (χ0v) is 11.3. The van der Waals surface area contributed by atoms with Gasteiger partial charge in [-0.3, -0.25) is 9.48 Å². The SMILES string of the molecule is CCCCn1cc(C=O)c(-c2ccc(F)c(Cl)c2)n1. The standard InChI is InChI=1S/C14H14ClFN2O/c1-2-3-6-18-8-11(9-19)14(17-18)10-4-5-13(16)12(15)7-10/h4-5,7-9H,2-3,6H2,1H3. The maximum Gasteiger partial charge on any atom is 0.153 e. The predicted molar refractivity (Wildman–Crippen MR) is 72.9 cm³/mol. The van der Waals surface area contributed by atoms with E-state index in [2.05, 4.69) is 12.0 Å². The summed E-state index contributed by atoms with van der Waals surface area (Å²) in [4.78, 5) is 11.1. The van der Waals surface area contributed by atoms with Gasteiger partial charge in [0.1, 0.15) is 11.5 Å². The predicted octanol–water partition coefficient (Wildman–Crippen LogP) is 3.96. The monoisotopic (exact) mass is 280 g/mol. The third kappa shape index (κ3) is 3.01. The average Bonchev–Trinajstić information content (AvgIpc) is 2.83. The fraction of sp³-hybridized carbons (Fsp3) is 0.286. The molecule has 2 rings (SSSR count). The summed E-state index contributed by atoms with van der Waals surface area (Å²) in [6.07, 6.45) is 4.49. The molecule has 100 valence electrons. The molecule has 0 N–H and O–H groups in total. The number of hydrogen-bond donors (Lipinski definition) is 0. The largest absolute Gasteiger partial charge is 0.298 e. The normalized spacial score (nSPS) is 10.7. The van der Waals surface area contributed by atoms with Crippen molar-refractivity contribution < 1.29 is 9.18 Å². The van der Waals surface area contributed by atoms with Crippen LogP contribution in [-0.4, -0.2) is 16.1 Å². The molecule has 0 fully saturated rings. The Bertz CT molecular complexity index is 595. The minimum absolute atomic E-state index is 0.0254. The molecule has 1 heterocycles. The Balaban J connectivity index is 2.39. The zero-order valence-electron chi connectivity index (χ0n) is 10.6. The van der Waals surface area contributed by atoms with Crippen LogP contribution in [0.3, 0.4) is 0 Å². The Labute approximate surface area is 116 Å². The molecule has 0 atom stereocenters. The van der Waals surface area contributed by atoms with Crippen molar-refractivity contribution in [3.63, 3.8) is 0 Å². The highest BCUT2D eigenvalue weighted by atomic mass is 35.5. The van der Waals surface area contributed by atoms with Gasteiger partial charge in [0, 0.05) is 18.3 Å². The van der Waals surface area contributed by atoms with Gasteiger partial charge in [-0.2, -0.15) is 5.10 Å². The van der Waals surface area contributed by atoms with Crippen LogP contribution in [0.4, 0.5) is 4.39 Å². The second-order valence-electron chi connectivity index (χ2n) is 4.30. The van der Waals surface area contributed by atoms with Crippen LogP contribution in [0.25, 0.3) is 11.3 Å². The van der Waals surface area contributed by atoms with E-state index < -0.39 is 5.82 Å². The molecule has 0 saturated heterocycles. The molecule has 5 heteroatoms. The van der Waals surface area contributed by atoms with E-state index in [0.29, 0.717) is 16.8 Å². The first-order valence-corrected chi connectivity index (χ1v) is 6.51. The van der Waals surface area contributed by atoms with Crippen molar-refractivity contribution in [2.75, 3.05) is 0 Å². The molecule has 0 spiro atoms. The Morgan fingerprint density at radius 2 is 2.26 bits per heavy atom. The molecule has 2 aromatic rings. The van der Waals surface area contributed by atoms with Crippen LogP contribution in [0.2, 0.25) is 5.02 Å². The fourth-order valence-corrected chi connectivity index (χ4v) is 2.01. The van der Waals surface area contributed by atoms with Crippen molar-refractivity contribution in [2.24, 2.45) is 0 Å². The highest BCUT2D eigenvalue weighted by molar-refractivity contribution is 6.31. The van der Waals surface area contributed by atoms with Crippen LogP contribution in [0.5, 0.6) is 0 Å². The summed E-state index contributed by atoms with van der Waals surface area (Å²) >= 11 is 5.75. The van der Waals surface area contributed by atoms with Gasteiger partial charge in [0.05, 0.1) is 10.6 Å². The number of benzene rings is 1. The topological polar surface area (TPSA) is 34.9 Å². The maximum atomic E-state index is 13.1. The van der Waals surface area contributed by atoms with Crippen molar-refractivity contribution >= 4 is 17.9 Å². The van der Waals surface area contributed by atoms with Gasteiger partial charge >= 0.3 is 0 Å². The Hall–Kier alpha value is -1.68. The lowest BCUT2D eigenvalue weighted by Gasteiger charge is -2.01. The number of rotatable bonds is 5. The van der Waals surface area contributed by atoms with Crippen LogP contribution >= 0.6 is 11.6 Å². The van der Waals surface area contributed by atoms with E-state index in [-0.39, 0.29) is 5.02 Å². The number of nitrogens with zero attached hydrogens (tertiary/aromatic N) is 2. The highest BCUT2D eigenvalue weighted by Crippen LogP contribution is 2.25. The molecule has 0 amide bonds. The van der Waals surface area contributed by atoms with Gasteiger partial charge in [-0.25, -0.2) is 4.39 Å². The fourth-order valence-electron chi connectivity index (χ4n) is 1.83. The molecule has 0 bridgehead atoms. The summed E-state index contributed by atoms with van der Waals surface area (Å²) in [7, 11) is 0. The van der Waals surface area contributed by atoms with E-state index in [1.54, 1.807) is 16.9 Å². The van der Waals surface area contributed by atoms with Gasteiger partial charge in [-0.1, -0.05) is 24.9 Å². The number of aryl methyl sites for hydroxylation is 1. The maximum absolute atomic E-state index is 13.1. The minimum atomic E-state index is -0.483. The quantitative estimate of drug-likeness (QED) is 0.777. The molecule has 0 aliphatic rings. The number of aldehydes is 1. The lowest BCUT2D eigenvalue weighted by atomic mass is 10.1. The Kier molecular flexibility index (Phi) is 4.32. The molecule has 0 radical (unpaired) electrons. The van der Waals surface area contributed by atoms with E-state index >= 15 is 0 Å². The second-order valence-corrected chi connectivity index (χ2v) is 4.70. The number of aromatic nitrogens is 2. The molecule has 19 heavy (non-hydrogen) atoms. The average molecular weight is 281 g/mol. The van der Waals surface area contributed by atoms with Gasteiger partial charge in [-0.05, 0) is 24.6 Å². The van der Waals surface area contributed by atoms with Crippen molar-refractivity contribution in [3.05, 3.63) is 40.8 Å². The van der Waals surface area contributed by atoms with Crippen LogP contribution in [0.1, 0.15) is 30.1 Å². The summed E-state index contributed by atoms with van der Waals surface area (Å²) in [5.74, 6) is -0.483. The van der Waals surface area contributed by atoms with Gasteiger partial charge in [0.25, 0.3) is 0 Å². The first-order chi connectivity index (χ1) is 9.15. The van der Waals surface area contributed by atoms with Crippen LogP contribution < -0.4 is 0 Å². The summed E-state index contributed by atoms with van der Waals surface area (Å²) in [5.41, 5.74) is 1.66. The van der Waals surface area contributed by atoms with E-state index in [9.17, 15) is 9.18 Å². The van der Waals surface area contributed by atoms with E-state index in [0.717, 1.165) is 25.7 Å². The zero-order chi connectivity index (χ0) is 13.8. The van der Waals surface area contributed by atoms with Crippen molar-refractivity contribution in [3.8, 4) is 11.3 Å². The highest BCUT2D eigenvalue weighted by Gasteiger charge is 2.12. The van der Waals surface area contributed by atoms with Crippen molar-refractivity contribution in [1.82, 2.24) is 9.78 Å². The lowest BCUT2D eigenvalue weighted by Crippen LogP contribution is -1.98. The molecule has 0 saturated carbocycles. The number of halogens is 2. The molecular weight excluding hydrogens is 267 g/mol. The number of hydrogen-bond acceptors (Lipinski definition) is 2. The molecule has 1 aromatic carbocycles. The van der Waals surface area contributed by atoms with Crippen molar-refractivity contribution in [1.29, 1.82) is 0 Å².